The zero-order valence-electron chi connectivity index (χ0n) is 11.9. The number of nitrogens with zero attached hydrogens (tertiary/aromatic N) is 1. The molecule has 1 aromatic carbocycles. The van der Waals surface area contributed by atoms with E-state index in [1.165, 1.54) is 11.0 Å². The van der Waals surface area contributed by atoms with Crippen molar-refractivity contribution in [2.75, 3.05) is 18.4 Å². The van der Waals surface area contributed by atoms with Gasteiger partial charge < -0.3 is 15.3 Å². The molecule has 1 aliphatic rings. The first-order chi connectivity index (χ1) is 10.7. The molecule has 23 heavy (non-hydrogen) atoms. The molecule has 0 spiro atoms. The molecule has 2 N–H and O–H groups in total. The fourth-order valence-corrected chi connectivity index (χ4v) is 2.67. The van der Waals surface area contributed by atoms with Crippen LogP contribution in [-0.4, -0.2) is 35.1 Å². The molecule has 0 aromatic heterocycles. The molecule has 1 heterocycles. The fourth-order valence-electron chi connectivity index (χ4n) is 2.32. The maximum atomic E-state index is 12.7. The highest BCUT2D eigenvalue weighted by atomic mass is 79.9. The zero-order valence-corrected chi connectivity index (χ0v) is 13.4. The van der Waals surface area contributed by atoms with Crippen LogP contribution in [0.25, 0.3) is 0 Å². The first-order valence-electron chi connectivity index (χ1n) is 6.84. The van der Waals surface area contributed by atoms with Crippen molar-refractivity contribution < 1.29 is 27.9 Å². The summed E-state index contributed by atoms with van der Waals surface area (Å²) in [6.07, 6.45) is -3.85. The van der Waals surface area contributed by atoms with Crippen LogP contribution in [0.1, 0.15) is 18.4 Å². The molecule has 1 fully saturated rings. The Balaban J connectivity index is 2.05. The van der Waals surface area contributed by atoms with E-state index >= 15 is 0 Å². The lowest BCUT2D eigenvalue weighted by molar-refractivity contribution is -0.143. The third-order valence-corrected chi connectivity index (χ3v) is 4.36. The van der Waals surface area contributed by atoms with Gasteiger partial charge in [-0.1, -0.05) is 0 Å². The molecule has 126 valence electrons. The van der Waals surface area contributed by atoms with E-state index in [1.54, 1.807) is 0 Å². The number of carbonyl (C=O) groups excluding carboxylic acids is 1. The summed E-state index contributed by atoms with van der Waals surface area (Å²) in [7, 11) is 0. The summed E-state index contributed by atoms with van der Waals surface area (Å²) in [5.41, 5.74) is -0.842. The molecule has 0 unspecified atom stereocenters. The highest BCUT2D eigenvalue weighted by Gasteiger charge is 2.31. The van der Waals surface area contributed by atoms with Gasteiger partial charge in [-0.05, 0) is 47.0 Å². The monoisotopic (exact) mass is 394 g/mol. The van der Waals surface area contributed by atoms with Gasteiger partial charge >= 0.3 is 18.2 Å². The van der Waals surface area contributed by atoms with Crippen LogP contribution < -0.4 is 5.32 Å². The standard InChI is InChI=1S/C14H14BrF3N2O3/c15-10-2-1-9(14(16,17)18)7-11(10)19-13(23)20-5-3-8(4-6-20)12(21)22/h1-2,7-8H,3-6H2,(H,19,23)(H,21,22). The van der Waals surface area contributed by atoms with E-state index in [0.717, 1.165) is 12.1 Å². The molecule has 0 bridgehead atoms. The number of urea groups is 1. The smallest absolute Gasteiger partial charge is 0.416 e. The van der Waals surface area contributed by atoms with Crippen molar-refractivity contribution in [1.82, 2.24) is 4.90 Å². The third-order valence-electron chi connectivity index (χ3n) is 3.67. The van der Waals surface area contributed by atoms with Crippen LogP contribution in [-0.2, 0) is 11.0 Å². The van der Waals surface area contributed by atoms with Gasteiger partial charge in [-0.3, -0.25) is 4.79 Å². The number of alkyl halides is 3. The first-order valence-corrected chi connectivity index (χ1v) is 7.63. The van der Waals surface area contributed by atoms with Crippen LogP contribution in [0.3, 0.4) is 0 Å². The maximum Gasteiger partial charge on any atom is 0.416 e. The second-order valence-corrected chi connectivity index (χ2v) is 6.08. The van der Waals surface area contributed by atoms with E-state index in [1.807, 2.05) is 0 Å². The number of carboxylic acids is 1. The van der Waals surface area contributed by atoms with E-state index < -0.39 is 29.7 Å². The molecule has 9 heteroatoms. The number of nitrogens with one attached hydrogen (secondary N) is 1. The van der Waals surface area contributed by atoms with Crippen LogP contribution in [0.5, 0.6) is 0 Å². The number of likely N-dealkylation sites (tertiary alicyclic amines) is 1. The van der Waals surface area contributed by atoms with Gasteiger partial charge in [0, 0.05) is 17.6 Å². The Morgan fingerprint density at radius 2 is 1.87 bits per heavy atom. The number of hydrogen-bond acceptors (Lipinski definition) is 2. The molecule has 5 nitrogen and oxygen atoms in total. The Kier molecular flexibility index (Phi) is 5.18. The number of halogens is 4. The van der Waals surface area contributed by atoms with Crippen LogP contribution in [0.15, 0.2) is 22.7 Å². The van der Waals surface area contributed by atoms with Gasteiger partial charge in [0.05, 0.1) is 17.2 Å². The van der Waals surface area contributed by atoms with Gasteiger partial charge in [-0.2, -0.15) is 13.2 Å². The summed E-state index contributed by atoms with van der Waals surface area (Å²) < 4.78 is 38.5. The molecule has 0 radical (unpaired) electrons. The minimum Gasteiger partial charge on any atom is -0.481 e. The Hall–Kier alpha value is -1.77. The summed E-state index contributed by atoms with van der Waals surface area (Å²) in [5.74, 6) is -1.38. The molecule has 0 aliphatic carbocycles. The predicted molar refractivity (Wildman–Crippen MR) is 80.1 cm³/mol. The molecule has 2 rings (SSSR count). The van der Waals surface area contributed by atoms with Crippen molar-refractivity contribution in [2.24, 2.45) is 5.92 Å². The van der Waals surface area contributed by atoms with E-state index in [-0.39, 0.29) is 18.8 Å². The Morgan fingerprint density at radius 1 is 1.26 bits per heavy atom. The molecule has 0 saturated carbocycles. The van der Waals surface area contributed by atoms with Gasteiger partial charge in [0.1, 0.15) is 0 Å². The van der Waals surface area contributed by atoms with Gasteiger partial charge in [0.25, 0.3) is 0 Å². The maximum absolute atomic E-state index is 12.7. The number of carboxylic acid groups (broad SMARTS) is 1. The molecule has 1 saturated heterocycles. The summed E-state index contributed by atoms with van der Waals surface area (Å²) in [5, 5.41) is 11.3. The van der Waals surface area contributed by atoms with Gasteiger partial charge in [0.15, 0.2) is 0 Å². The number of anilines is 1. The van der Waals surface area contributed by atoms with E-state index in [2.05, 4.69) is 21.2 Å². The van der Waals surface area contributed by atoms with Crippen LogP contribution in [0, 0.1) is 5.92 Å². The Morgan fingerprint density at radius 3 is 2.39 bits per heavy atom. The van der Waals surface area contributed by atoms with Crippen molar-refractivity contribution >= 4 is 33.6 Å². The lowest BCUT2D eigenvalue weighted by atomic mass is 9.97. The SMILES string of the molecule is O=C(O)C1CCN(C(=O)Nc2cc(C(F)(F)F)ccc2Br)CC1. The molecular formula is C14H14BrF3N2O3. The molecule has 0 atom stereocenters. The van der Waals surface area contributed by atoms with Crippen LogP contribution in [0.4, 0.5) is 23.7 Å². The van der Waals surface area contributed by atoms with E-state index in [9.17, 15) is 22.8 Å². The largest absolute Gasteiger partial charge is 0.481 e. The Bertz CT molecular complexity index is 614. The highest BCUT2D eigenvalue weighted by Crippen LogP contribution is 2.34. The molecule has 2 amide bonds. The quantitative estimate of drug-likeness (QED) is 0.801. The number of carbonyl (C=O) groups is 2. The topological polar surface area (TPSA) is 69.6 Å². The van der Waals surface area contributed by atoms with Gasteiger partial charge in [-0.15, -0.1) is 0 Å². The van der Waals surface area contributed by atoms with Crippen LogP contribution >= 0.6 is 15.9 Å². The van der Waals surface area contributed by atoms with Crippen molar-refractivity contribution in [1.29, 1.82) is 0 Å². The highest BCUT2D eigenvalue weighted by molar-refractivity contribution is 9.10. The minimum absolute atomic E-state index is 0.0187. The molecule has 1 aliphatic heterocycles. The average molecular weight is 395 g/mol. The fraction of sp³-hybridized carbons (Fsp3) is 0.429. The van der Waals surface area contributed by atoms with E-state index in [0.29, 0.717) is 17.3 Å². The summed E-state index contributed by atoms with van der Waals surface area (Å²) >= 11 is 3.10. The molecule has 1 aromatic rings. The number of benzene rings is 1. The summed E-state index contributed by atoms with van der Waals surface area (Å²) in [4.78, 5) is 24.4. The lowest BCUT2D eigenvalue weighted by Crippen LogP contribution is -2.42. The number of piperidine rings is 1. The van der Waals surface area contributed by atoms with Crippen LogP contribution in [0.2, 0.25) is 0 Å². The second-order valence-electron chi connectivity index (χ2n) is 5.22. The zero-order chi connectivity index (χ0) is 17.2. The van der Waals surface area contributed by atoms with Crippen molar-refractivity contribution in [3.63, 3.8) is 0 Å². The molecular weight excluding hydrogens is 381 g/mol. The summed E-state index contributed by atoms with van der Waals surface area (Å²) in [6, 6.07) is 2.44. The number of rotatable bonds is 2. The Labute approximate surface area is 138 Å². The minimum atomic E-state index is -4.50. The van der Waals surface area contributed by atoms with Gasteiger partial charge in [-0.25, -0.2) is 4.79 Å². The van der Waals surface area contributed by atoms with Gasteiger partial charge in [0.2, 0.25) is 0 Å². The van der Waals surface area contributed by atoms with Crippen molar-refractivity contribution in [3.05, 3.63) is 28.2 Å². The normalized spacial score (nSPS) is 16.3. The first kappa shape index (κ1) is 17.6. The number of amides is 2. The second kappa shape index (κ2) is 6.77. The average Bonchev–Trinajstić information content (AvgIpc) is 2.48. The summed E-state index contributed by atoms with van der Waals surface area (Å²) in [6.45, 7) is 0.499. The lowest BCUT2D eigenvalue weighted by Gasteiger charge is -2.30. The van der Waals surface area contributed by atoms with E-state index in [4.69, 9.17) is 5.11 Å². The predicted octanol–water partition coefficient (Wildman–Crippen LogP) is 3.80. The number of aliphatic carboxylic acids is 1. The number of hydrogen-bond donors (Lipinski definition) is 2. The third kappa shape index (κ3) is 4.37. The van der Waals surface area contributed by atoms with Crippen molar-refractivity contribution in [3.8, 4) is 0 Å². The van der Waals surface area contributed by atoms with Crippen molar-refractivity contribution in [2.45, 2.75) is 19.0 Å².